The first-order valence-corrected chi connectivity index (χ1v) is 4.52. The third-order valence-electron chi connectivity index (χ3n) is 1.25. The fourth-order valence-electron chi connectivity index (χ4n) is 0.761. The number of aliphatic carboxylic acids is 1. The summed E-state index contributed by atoms with van der Waals surface area (Å²) >= 11 is 0. The van der Waals surface area contributed by atoms with Crippen LogP contribution in [0.4, 0.5) is 0 Å². The smallest absolute Gasteiger partial charge is 0.481 e. The van der Waals surface area contributed by atoms with Gasteiger partial charge in [-0.1, -0.05) is 0 Å². The van der Waals surface area contributed by atoms with E-state index >= 15 is 0 Å². The molecule has 0 aromatic rings. The van der Waals surface area contributed by atoms with E-state index in [4.69, 9.17) is 9.84 Å². The zero-order chi connectivity index (χ0) is 11.2. The van der Waals surface area contributed by atoms with Crippen molar-refractivity contribution in [3.63, 3.8) is 0 Å². The van der Waals surface area contributed by atoms with Crippen LogP contribution in [0.15, 0.2) is 0 Å². The van der Waals surface area contributed by atoms with E-state index in [0.717, 1.165) is 0 Å². The van der Waals surface area contributed by atoms with Gasteiger partial charge < -0.3 is 14.9 Å². The molecule has 0 fully saturated rings. The average molecular weight is 204 g/mol. The lowest BCUT2D eigenvalue weighted by molar-refractivity contribution is -0.481. The molecule has 14 heavy (non-hydrogen) atoms. The first-order chi connectivity index (χ1) is 6.31. The number of rotatable bonds is 4. The molecular weight excluding hydrogens is 186 g/mol. The van der Waals surface area contributed by atoms with Crippen LogP contribution in [-0.4, -0.2) is 34.4 Å². The van der Waals surface area contributed by atoms with Crippen molar-refractivity contribution in [1.29, 1.82) is 0 Å². The summed E-state index contributed by atoms with van der Waals surface area (Å²) in [7, 11) is 0. The summed E-state index contributed by atoms with van der Waals surface area (Å²) in [6.45, 7) is 5.81. The zero-order valence-corrected chi connectivity index (χ0v) is 8.83. The van der Waals surface area contributed by atoms with Crippen molar-refractivity contribution < 1.29 is 24.7 Å². The standard InChI is InChI=1S/C9H17NO4/c1-9(2,3)14-8(13)10-6-4-5-7(11)12/h4-6H2,1-3H3,(H,10,13)(H,11,12)/p+1. The maximum Gasteiger partial charge on any atom is 0.545 e. The molecule has 3 N–H and O–H groups in total. The number of carbonyl (C=O) groups is 1. The second-order valence-electron chi connectivity index (χ2n) is 3.94. The minimum absolute atomic E-state index is 0.0792. The fraction of sp³-hybridized carbons (Fsp3) is 0.778. The molecule has 0 atom stereocenters. The molecule has 5 heteroatoms. The number of carboxylic acid groups (broad SMARTS) is 1. The first kappa shape index (κ1) is 12.7. The van der Waals surface area contributed by atoms with Crippen LogP contribution in [0.25, 0.3) is 0 Å². The predicted octanol–water partition coefficient (Wildman–Crippen LogP) is -0.339. The summed E-state index contributed by atoms with van der Waals surface area (Å²) in [4.78, 5) is 12.7. The highest BCUT2D eigenvalue weighted by Gasteiger charge is 2.17. The lowest BCUT2D eigenvalue weighted by atomic mass is 10.2. The highest BCUT2D eigenvalue weighted by Crippen LogP contribution is 2.04. The SMILES string of the molecule is CC(C)(C)OC(O)=[NH+]CCCC(=O)O. The Morgan fingerprint density at radius 2 is 1.93 bits per heavy atom. The Bertz CT molecular complexity index is 217. The topological polar surface area (TPSA) is 80.7 Å². The van der Waals surface area contributed by atoms with Crippen LogP contribution in [0.5, 0.6) is 0 Å². The van der Waals surface area contributed by atoms with Crippen molar-refractivity contribution in [3.05, 3.63) is 0 Å². The molecule has 0 saturated heterocycles. The van der Waals surface area contributed by atoms with Gasteiger partial charge in [0.1, 0.15) is 12.1 Å². The molecule has 0 aromatic heterocycles. The van der Waals surface area contributed by atoms with Crippen molar-refractivity contribution in [1.82, 2.24) is 0 Å². The highest BCUT2D eigenvalue weighted by atomic mass is 16.6. The minimum Gasteiger partial charge on any atom is -0.481 e. The number of aliphatic hydroxyl groups excluding tert-OH is 1. The molecule has 5 nitrogen and oxygen atoms in total. The second kappa shape index (κ2) is 5.47. The van der Waals surface area contributed by atoms with E-state index in [-0.39, 0.29) is 12.5 Å². The molecule has 82 valence electrons. The normalized spacial score (nSPS) is 12.6. The van der Waals surface area contributed by atoms with Gasteiger partial charge >= 0.3 is 12.1 Å². The quantitative estimate of drug-likeness (QED) is 0.332. The lowest BCUT2D eigenvalue weighted by Crippen LogP contribution is -2.74. The van der Waals surface area contributed by atoms with Crippen molar-refractivity contribution in [2.24, 2.45) is 0 Å². The first-order valence-electron chi connectivity index (χ1n) is 4.52. The van der Waals surface area contributed by atoms with Crippen LogP contribution >= 0.6 is 0 Å². The van der Waals surface area contributed by atoms with Gasteiger partial charge in [-0.25, -0.2) is 0 Å². The van der Waals surface area contributed by atoms with Crippen molar-refractivity contribution >= 4 is 12.1 Å². The van der Waals surface area contributed by atoms with E-state index in [1.54, 1.807) is 0 Å². The Morgan fingerprint density at radius 3 is 2.36 bits per heavy atom. The second-order valence-corrected chi connectivity index (χ2v) is 3.94. The van der Waals surface area contributed by atoms with Gasteiger partial charge in [0.15, 0.2) is 0 Å². The maximum absolute atomic E-state index is 10.1. The molecule has 0 aliphatic heterocycles. The molecule has 0 aliphatic carbocycles. The summed E-state index contributed by atoms with van der Waals surface area (Å²) in [5.41, 5.74) is -0.454. The fourth-order valence-corrected chi connectivity index (χ4v) is 0.761. The Hall–Kier alpha value is -1.26. The molecule has 0 heterocycles. The van der Waals surface area contributed by atoms with Crippen LogP contribution in [0, 0.1) is 0 Å². The Balaban J connectivity index is 3.72. The van der Waals surface area contributed by atoms with Crippen LogP contribution in [-0.2, 0) is 9.53 Å². The lowest BCUT2D eigenvalue weighted by Gasteiger charge is -2.15. The molecule has 0 radical (unpaired) electrons. The monoisotopic (exact) mass is 204 g/mol. The molecule has 0 saturated carbocycles. The summed E-state index contributed by atoms with van der Waals surface area (Å²) in [6.07, 6.45) is 0.269. The molecule has 0 rings (SSSR count). The van der Waals surface area contributed by atoms with Crippen LogP contribution in [0.1, 0.15) is 33.6 Å². The third kappa shape index (κ3) is 8.83. The van der Waals surface area contributed by atoms with E-state index in [0.29, 0.717) is 13.0 Å². The van der Waals surface area contributed by atoms with Gasteiger partial charge in [0, 0.05) is 6.42 Å². The van der Waals surface area contributed by atoms with Gasteiger partial charge in [-0.3, -0.25) is 4.79 Å². The highest BCUT2D eigenvalue weighted by molar-refractivity contribution is 5.66. The molecule has 0 amide bonds. The van der Waals surface area contributed by atoms with Crippen LogP contribution in [0.2, 0.25) is 0 Å². The van der Waals surface area contributed by atoms with Crippen molar-refractivity contribution in [2.75, 3.05) is 6.54 Å². The molecular formula is C9H18NO4+. The average Bonchev–Trinajstić information content (AvgIpc) is 1.94. The zero-order valence-electron chi connectivity index (χ0n) is 8.83. The van der Waals surface area contributed by atoms with E-state index in [9.17, 15) is 9.90 Å². The molecule has 0 aliphatic rings. The van der Waals surface area contributed by atoms with E-state index in [1.165, 1.54) is 0 Å². The predicted molar refractivity (Wildman–Crippen MR) is 51.2 cm³/mol. The number of hydrogen-bond donors (Lipinski definition) is 3. The Kier molecular flexibility index (Phi) is 4.97. The summed E-state index contributed by atoms with van der Waals surface area (Å²) in [5.74, 6) is -0.844. The van der Waals surface area contributed by atoms with Gasteiger partial charge in [0.2, 0.25) is 0 Å². The van der Waals surface area contributed by atoms with Crippen molar-refractivity contribution in [3.8, 4) is 0 Å². The van der Waals surface area contributed by atoms with Crippen LogP contribution in [0.3, 0.4) is 0 Å². The molecule has 0 bridgehead atoms. The van der Waals surface area contributed by atoms with Crippen molar-refractivity contribution in [2.45, 2.75) is 39.2 Å². The van der Waals surface area contributed by atoms with E-state index in [2.05, 4.69) is 4.99 Å². The third-order valence-corrected chi connectivity index (χ3v) is 1.25. The number of carboxylic acids is 1. The van der Waals surface area contributed by atoms with Gasteiger partial charge in [0.05, 0.1) is 6.42 Å². The Labute approximate surface area is 83.4 Å². The molecule has 0 unspecified atom stereocenters. The minimum atomic E-state index is -0.844. The van der Waals surface area contributed by atoms with Gasteiger partial charge in [-0.15, -0.1) is 0 Å². The number of hydrogen-bond acceptors (Lipinski definition) is 2. The summed E-state index contributed by atoms with van der Waals surface area (Å²) in [6, 6.07) is 0. The van der Waals surface area contributed by atoms with Gasteiger partial charge in [0.25, 0.3) is 0 Å². The number of nitrogens with one attached hydrogen (secondary N) is 1. The molecule has 0 spiro atoms. The van der Waals surface area contributed by atoms with E-state index < -0.39 is 11.6 Å². The number of aliphatic hydroxyl groups is 1. The maximum atomic E-state index is 10.1. The summed E-state index contributed by atoms with van der Waals surface area (Å²) < 4.78 is 5.06. The van der Waals surface area contributed by atoms with Crippen LogP contribution < -0.4 is 4.99 Å². The number of ether oxygens (including phenoxy) is 1. The van der Waals surface area contributed by atoms with E-state index in [1.807, 2.05) is 20.8 Å². The van der Waals surface area contributed by atoms with Gasteiger partial charge in [-0.05, 0) is 20.8 Å². The largest absolute Gasteiger partial charge is 0.545 e. The Morgan fingerprint density at radius 1 is 1.36 bits per heavy atom. The van der Waals surface area contributed by atoms with Gasteiger partial charge in [-0.2, -0.15) is 4.99 Å². The molecule has 0 aromatic carbocycles. The summed E-state index contributed by atoms with van der Waals surface area (Å²) in [5, 5.41) is 17.5.